The zero-order valence-electron chi connectivity index (χ0n) is 10.4. The second-order valence-corrected chi connectivity index (χ2v) is 3.45. The fraction of sp³-hybridized carbons (Fsp3) is 0.250. The smallest absolute Gasteiger partial charge is 0.451 e. The van der Waals surface area contributed by atoms with Crippen LogP contribution in [0.1, 0.15) is 6.92 Å². The summed E-state index contributed by atoms with van der Waals surface area (Å²) >= 11 is 0. The molecular weight excluding hydrogens is 277 g/mol. The van der Waals surface area contributed by atoms with Crippen LogP contribution in [-0.2, 0) is 9.53 Å². The van der Waals surface area contributed by atoms with Crippen LogP contribution in [0.15, 0.2) is 52.0 Å². The first-order valence-corrected chi connectivity index (χ1v) is 5.50. The quantitative estimate of drug-likeness (QED) is 0.397. The zero-order chi connectivity index (χ0) is 15.2. The van der Waals surface area contributed by atoms with Gasteiger partial charge in [-0.3, -0.25) is 0 Å². The molecule has 8 heteroatoms. The number of azo groups is 1. The van der Waals surface area contributed by atoms with Crippen molar-refractivity contribution in [2.75, 3.05) is 6.61 Å². The monoisotopic (exact) mass is 288 g/mol. The van der Waals surface area contributed by atoms with Gasteiger partial charge in [0.05, 0.1) is 12.3 Å². The Morgan fingerprint density at radius 2 is 1.90 bits per heavy atom. The van der Waals surface area contributed by atoms with Crippen LogP contribution < -0.4 is 0 Å². The number of benzene rings is 1. The number of aliphatic hydroxyl groups excluding tert-OH is 1. The average molecular weight is 288 g/mol. The SMILES string of the molecule is CCOC(=O)/C(N=Nc1ccccc1)=C(\O)C(F)(F)F. The van der Waals surface area contributed by atoms with Gasteiger partial charge in [-0.2, -0.15) is 18.3 Å². The summed E-state index contributed by atoms with van der Waals surface area (Å²) in [6.45, 7) is 1.25. The Bertz CT molecular complexity index is 524. The van der Waals surface area contributed by atoms with E-state index in [9.17, 15) is 18.0 Å². The van der Waals surface area contributed by atoms with E-state index >= 15 is 0 Å². The second-order valence-electron chi connectivity index (χ2n) is 3.45. The van der Waals surface area contributed by atoms with E-state index < -0.39 is 23.6 Å². The number of allylic oxidation sites excluding steroid dienone is 1. The summed E-state index contributed by atoms with van der Waals surface area (Å²) in [5, 5.41) is 15.6. The number of hydrogen-bond donors (Lipinski definition) is 1. The molecule has 1 rings (SSSR count). The normalized spacial score (nSPS) is 13.2. The minimum absolute atomic E-state index is 0.158. The van der Waals surface area contributed by atoms with Gasteiger partial charge in [0.25, 0.3) is 0 Å². The number of halogens is 3. The molecule has 0 unspecified atom stereocenters. The van der Waals surface area contributed by atoms with E-state index in [1.807, 2.05) is 0 Å². The van der Waals surface area contributed by atoms with Crippen molar-refractivity contribution in [1.29, 1.82) is 0 Å². The Kier molecular flexibility index (Phi) is 5.24. The van der Waals surface area contributed by atoms with Crippen LogP contribution in [0.5, 0.6) is 0 Å². The zero-order valence-corrected chi connectivity index (χ0v) is 10.4. The highest BCUT2D eigenvalue weighted by molar-refractivity contribution is 5.88. The molecule has 0 bridgehead atoms. The molecule has 108 valence electrons. The van der Waals surface area contributed by atoms with Crippen molar-refractivity contribution in [2.45, 2.75) is 13.1 Å². The molecule has 1 aromatic rings. The average Bonchev–Trinajstić information content (AvgIpc) is 2.39. The number of ether oxygens (including phenoxy) is 1. The first-order chi connectivity index (χ1) is 9.36. The second kappa shape index (κ2) is 6.69. The lowest BCUT2D eigenvalue weighted by atomic mass is 10.3. The van der Waals surface area contributed by atoms with Gasteiger partial charge >= 0.3 is 12.1 Å². The number of hydrogen-bond acceptors (Lipinski definition) is 5. The fourth-order valence-electron chi connectivity index (χ4n) is 1.12. The van der Waals surface area contributed by atoms with Crippen molar-refractivity contribution in [3.05, 3.63) is 41.8 Å². The molecule has 5 nitrogen and oxygen atoms in total. The molecule has 0 spiro atoms. The Morgan fingerprint density at radius 3 is 2.40 bits per heavy atom. The highest BCUT2D eigenvalue weighted by atomic mass is 19.4. The van der Waals surface area contributed by atoms with Crippen molar-refractivity contribution in [3.8, 4) is 0 Å². The summed E-state index contributed by atoms with van der Waals surface area (Å²) in [7, 11) is 0. The molecule has 0 aliphatic carbocycles. The fourth-order valence-corrected chi connectivity index (χ4v) is 1.12. The van der Waals surface area contributed by atoms with Crippen LogP contribution in [0.25, 0.3) is 0 Å². The van der Waals surface area contributed by atoms with Gasteiger partial charge in [-0.15, -0.1) is 5.11 Å². The van der Waals surface area contributed by atoms with Crippen LogP contribution in [0.3, 0.4) is 0 Å². The maximum Gasteiger partial charge on any atom is 0.451 e. The van der Waals surface area contributed by atoms with Gasteiger partial charge in [-0.25, -0.2) is 4.79 Å². The third-order valence-corrected chi connectivity index (χ3v) is 1.98. The summed E-state index contributed by atoms with van der Waals surface area (Å²) in [5.41, 5.74) is -1.06. The largest absolute Gasteiger partial charge is 0.502 e. The maximum atomic E-state index is 12.4. The lowest BCUT2D eigenvalue weighted by molar-refractivity contribution is -0.143. The third kappa shape index (κ3) is 4.38. The summed E-state index contributed by atoms with van der Waals surface area (Å²) < 4.78 is 41.6. The number of rotatable bonds is 4. The van der Waals surface area contributed by atoms with Crippen molar-refractivity contribution >= 4 is 11.7 Å². The molecule has 0 aromatic heterocycles. The van der Waals surface area contributed by atoms with Gasteiger partial charge < -0.3 is 9.84 Å². The minimum Gasteiger partial charge on any atom is -0.502 e. The highest BCUT2D eigenvalue weighted by Crippen LogP contribution is 2.27. The van der Waals surface area contributed by atoms with Gasteiger partial charge in [0, 0.05) is 0 Å². The summed E-state index contributed by atoms with van der Waals surface area (Å²) in [4.78, 5) is 11.4. The molecule has 1 N–H and O–H groups in total. The lowest BCUT2D eigenvalue weighted by Gasteiger charge is -2.08. The van der Waals surface area contributed by atoms with Crippen LogP contribution in [0.2, 0.25) is 0 Å². The molecule has 0 amide bonds. The standard InChI is InChI=1S/C12H11F3N2O3/c1-2-20-11(19)9(10(18)12(13,14)15)17-16-8-6-4-3-5-7-8/h3-7,18H,2H2,1H3/b10-9+,17-16?. The Hall–Kier alpha value is -2.38. The van der Waals surface area contributed by atoms with E-state index in [1.165, 1.54) is 19.1 Å². The van der Waals surface area contributed by atoms with Crippen molar-refractivity contribution in [2.24, 2.45) is 10.2 Å². The van der Waals surface area contributed by atoms with Gasteiger partial charge in [-0.05, 0) is 19.1 Å². The van der Waals surface area contributed by atoms with E-state index in [2.05, 4.69) is 15.0 Å². The van der Waals surface area contributed by atoms with Gasteiger partial charge in [0.1, 0.15) is 0 Å². The predicted molar refractivity (Wildman–Crippen MR) is 63.3 cm³/mol. The van der Waals surface area contributed by atoms with E-state index in [0.29, 0.717) is 0 Å². The van der Waals surface area contributed by atoms with Crippen LogP contribution in [0.4, 0.5) is 18.9 Å². The molecule has 0 aliphatic heterocycles. The Labute approximate surface area is 112 Å². The van der Waals surface area contributed by atoms with Gasteiger partial charge in [0.15, 0.2) is 0 Å². The Balaban J connectivity index is 3.13. The third-order valence-electron chi connectivity index (χ3n) is 1.98. The van der Waals surface area contributed by atoms with Crippen LogP contribution >= 0.6 is 0 Å². The topological polar surface area (TPSA) is 71.2 Å². The van der Waals surface area contributed by atoms with E-state index in [0.717, 1.165) is 0 Å². The summed E-state index contributed by atoms with van der Waals surface area (Å²) in [6, 6.07) is 7.79. The molecule has 0 fully saturated rings. The number of carbonyl (C=O) groups excluding carboxylic acids is 1. The van der Waals surface area contributed by atoms with Crippen LogP contribution in [0, 0.1) is 0 Å². The minimum atomic E-state index is -5.11. The maximum absolute atomic E-state index is 12.4. The molecule has 0 heterocycles. The van der Waals surface area contributed by atoms with Crippen LogP contribution in [-0.4, -0.2) is 23.9 Å². The number of nitrogens with zero attached hydrogens (tertiary/aromatic N) is 2. The Morgan fingerprint density at radius 1 is 1.30 bits per heavy atom. The summed E-state index contributed by atoms with van der Waals surface area (Å²) in [6.07, 6.45) is -5.11. The molecule has 0 saturated heterocycles. The van der Waals surface area contributed by atoms with Crippen molar-refractivity contribution < 1.29 is 27.8 Å². The summed E-state index contributed by atoms with van der Waals surface area (Å²) in [5.74, 6) is -3.54. The molecule has 20 heavy (non-hydrogen) atoms. The van der Waals surface area contributed by atoms with E-state index in [4.69, 9.17) is 5.11 Å². The van der Waals surface area contributed by atoms with Gasteiger partial charge in [-0.1, -0.05) is 18.2 Å². The molecule has 0 aliphatic rings. The number of aliphatic hydroxyl groups is 1. The van der Waals surface area contributed by atoms with Crippen molar-refractivity contribution in [1.82, 2.24) is 0 Å². The number of esters is 1. The molecule has 0 radical (unpaired) electrons. The molecule has 0 saturated carbocycles. The van der Waals surface area contributed by atoms with Crippen molar-refractivity contribution in [3.63, 3.8) is 0 Å². The van der Waals surface area contributed by atoms with E-state index in [1.54, 1.807) is 18.2 Å². The molecule has 1 aromatic carbocycles. The lowest BCUT2D eigenvalue weighted by Crippen LogP contribution is -2.18. The first kappa shape index (κ1) is 15.7. The molecular formula is C12H11F3N2O3. The molecule has 0 atom stereocenters. The predicted octanol–water partition coefficient (Wildman–Crippen LogP) is 3.67. The highest BCUT2D eigenvalue weighted by Gasteiger charge is 2.39. The number of alkyl halides is 3. The van der Waals surface area contributed by atoms with E-state index in [-0.39, 0.29) is 12.3 Å². The van der Waals surface area contributed by atoms with Gasteiger partial charge in [0.2, 0.25) is 11.5 Å². The first-order valence-electron chi connectivity index (χ1n) is 5.50. The number of carbonyl (C=O) groups is 1.